The van der Waals surface area contributed by atoms with Gasteiger partial charge in [-0.3, -0.25) is 19.2 Å². The Labute approximate surface area is 286 Å². The van der Waals surface area contributed by atoms with Gasteiger partial charge >= 0.3 is 0 Å². The van der Waals surface area contributed by atoms with Gasteiger partial charge < -0.3 is 4.90 Å². The molecule has 5 aromatic carbocycles. The Morgan fingerprint density at radius 2 is 0.857 bits per heavy atom. The Kier molecular flexibility index (Phi) is 6.97. The van der Waals surface area contributed by atoms with Crippen molar-refractivity contribution in [2.45, 2.75) is 57.0 Å². The maximum absolute atomic E-state index is 15.5. The zero-order chi connectivity index (χ0) is 34.2. The first-order valence-corrected chi connectivity index (χ1v) is 17.1. The lowest BCUT2D eigenvalue weighted by molar-refractivity contribution is 0.0619. The molecule has 5 heteroatoms. The first kappa shape index (κ1) is 30.9. The van der Waals surface area contributed by atoms with E-state index in [4.69, 9.17) is 0 Å². The number of anilines is 1. The highest BCUT2D eigenvalue weighted by atomic mass is 16.2. The Balaban J connectivity index is 1.55. The predicted molar refractivity (Wildman–Crippen MR) is 191 cm³/mol. The topological polar surface area (TPSA) is 71.5 Å². The monoisotopic (exact) mass is 643 g/mol. The van der Waals surface area contributed by atoms with Gasteiger partial charge in [0.2, 0.25) is 0 Å². The number of carbonyl (C=O) groups excluding carboxylic acids is 4. The number of benzene rings is 5. The molecule has 2 spiro atoms. The third-order valence-corrected chi connectivity index (χ3v) is 11.1. The van der Waals surface area contributed by atoms with Gasteiger partial charge in [-0.15, -0.1) is 0 Å². The summed E-state index contributed by atoms with van der Waals surface area (Å²) in [5, 5.41) is 0. The Bertz CT molecular complexity index is 2090. The van der Waals surface area contributed by atoms with E-state index >= 15 is 19.2 Å². The molecule has 1 fully saturated rings. The number of ketones is 4. The van der Waals surface area contributed by atoms with Gasteiger partial charge in [-0.25, -0.2) is 0 Å². The Morgan fingerprint density at radius 3 is 1.29 bits per heavy atom. The molecule has 0 saturated carbocycles. The number of nitrogens with zero attached hydrogens (tertiary/aromatic N) is 1. The fourth-order valence-corrected chi connectivity index (χ4v) is 8.84. The number of rotatable bonds is 5. The fraction of sp³-hybridized carbons (Fsp3) is 0.227. The van der Waals surface area contributed by atoms with Crippen LogP contribution in [-0.2, 0) is 0 Å². The fourth-order valence-electron chi connectivity index (χ4n) is 8.84. The maximum atomic E-state index is 15.5. The Hall–Kier alpha value is -5.42. The minimum absolute atomic E-state index is 0.228. The van der Waals surface area contributed by atoms with Crippen molar-refractivity contribution in [3.63, 3.8) is 0 Å². The van der Waals surface area contributed by atoms with Crippen LogP contribution in [0.1, 0.15) is 115 Å². The third-order valence-electron chi connectivity index (χ3n) is 11.1. The molecule has 3 aliphatic rings. The molecule has 1 saturated heterocycles. The minimum atomic E-state index is -1.93. The van der Waals surface area contributed by atoms with Gasteiger partial charge in [0.1, 0.15) is 5.41 Å². The summed E-state index contributed by atoms with van der Waals surface area (Å²) in [6, 6.07) is 38.0. The quantitative estimate of drug-likeness (QED) is 0.179. The highest BCUT2D eigenvalue weighted by Crippen LogP contribution is 2.69. The van der Waals surface area contributed by atoms with Crippen molar-refractivity contribution in [3.05, 3.63) is 172 Å². The molecule has 1 aliphatic heterocycles. The average Bonchev–Trinajstić information content (AvgIpc) is 3.63. The van der Waals surface area contributed by atoms with Gasteiger partial charge in [0.05, 0.1) is 6.04 Å². The van der Waals surface area contributed by atoms with Gasteiger partial charge in [0.25, 0.3) is 0 Å². The van der Waals surface area contributed by atoms with E-state index in [-0.39, 0.29) is 23.4 Å². The summed E-state index contributed by atoms with van der Waals surface area (Å²) in [6.07, 6.45) is 0. The van der Waals surface area contributed by atoms with Crippen LogP contribution in [0.5, 0.6) is 0 Å². The van der Waals surface area contributed by atoms with E-state index < -0.39 is 34.5 Å². The van der Waals surface area contributed by atoms with Crippen molar-refractivity contribution >= 4 is 28.8 Å². The molecule has 2 atom stereocenters. The molecule has 0 amide bonds. The number of para-hydroxylation sites is 1. The highest BCUT2D eigenvalue weighted by Gasteiger charge is 2.80. The molecule has 5 nitrogen and oxygen atoms in total. The van der Waals surface area contributed by atoms with Crippen molar-refractivity contribution in [3.8, 4) is 0 Å². The molecule has 0 unspecified atom stereocenters. The lowest BCUT2D eigenvalue weighted by Crippen LogP contribution is -2.57. The third kappa shape index (κ3) is 3.99. The first-order valence-electron chi connectivity index (χ1n) is 17.1. The van der Waals surface area contributed by atoms with Crippen LogP contribution in [-0.4, -0.2) is 28.7 Å². The van der Waals surface area contributed by atoms with Crippen LogP contribution >= 0.6 is 0 Å². The van der Waals surface area contributed by atoms with Crippen LogP contribution in [0.4, 0.5) is 5.69 Å². The molecular formula is C44H37NO4. The molecule has 0 N–H and O–H groups in total. The van der Waals surface area contributed by atoms with Gasteiger partial charge in [-0.1, -0.05) is 143 Å². The number of fused-ring (bicyclic) bond motifs is 2. The standard InChI is InChI=1S/C44H37NO4/c1-26(2)28-18-22-30(23-19-28)37-43(39(46)33-14-8-9-15-34(33)40(43)47)38(31-24-20-29(21-25-31)27(3)4)45(32-12-6-5-7-13-32)44(37)41(48)35-16-10-11-17-36(35)42(44)49/h5-27,37-38H,1-4H3/t37-,38+/m1/s1. The van der Waals surface area contributed by atoms with Crippen molar-refractivity contribution in [2.24, 2.45) is 5.41 Å². The van der Waals surface area contributed by atoms with Crippen LogP contribution in [0.25, 0.3) is 0 Å². The minimum Gasteiger partial charge on any atom is -0.343 e. The molecule has 0 bridgehead atoms. The summed E-state index contributed by atoms with van der Waals surface area (Å²) < 4.78 is 0. The van der Waals surface area contributed by atoms with Gasteiger partial charge in [0, 0.05) is 33.9 Å². The number of carbonyl (C=O) groups is 4. The zero-order valence-corrected chi connectivity index (χ0v) is 28.0. The lowest BCUT2D eigenvalue weighted by atomic mass is 9.59. The van der Waals surface area contributed by atoms with Crippen molar-refractivity contribution in [1.29, 1.82) is 0 Å². The second kappa shape index (κ2) is 11.1. The molecule has 242 valence electrons. The largest absolute Gasteiger partial charge is 0.343 e. The van der Waals surface area contributed by atoms with E-state index in [0.29, 0.717) is 39.1 Å². The smallest absolute Gasteiger partial charge is 0.197 e. The average molecular weight is 644 g/mol. The van der Waals surface area contributed by atoms with E-state index in [0.717, 1.165) is 11.1 Å². The van der Waals surface area contributed by atoms with Crippen molar-refractivity contribution in [1.82, 2.24) is 0 Å². The number of hydrogen-bond acceptors (Lipinski definition) is 5. The molecular weight excluding hydrogens is 606 g/mol. The SMILES string of the molecule is CC(C)c1ccc([C@@H]2N(c3ccccc3)C3(C(=O)c4ccccc4C3=O)[C@H](c3ccc(C(C)C)cc3)C23C(=O)c2ccccc2C3=O)cc1. The van der Waals surface area contributed by atoms with E-state index in [1.165, 1.54) is 0 Å². The first-order chi connectivity index (χ1) is 23.6. The van der Waals surface area contributed by atoms with E-state index in [9.17, 15) is 0 Å². The number of Topliss-reactive ketones (excluding diaryl/α,β-unsaturated/α-hetero) is 4. The van der Waals surface area contributed by atoms with Crippen LogP contribution < -0.4 is 4.90 Å². The molecule has 0 radical (unpaired) electrons. The normalized spacial score (nSPS) is 20.2. The van der Waals surface area contributed by atoms with E-state index in [1.54, 1.807) is 48.5 Å². The molecule has 8 rings (SSSR count). The Morgan fingerprint density at radius 1 is 0.469 bits per heavy atom. The summed E-state index contributed by atoms with van der Waals surface area (Å²) in [5.41, 5.74) is 1.54. The molecule has 1 heterocycles. The van der Waals surface area contributed by atoms with E-state index in [1.807, 2.05) is 83.8 Å². The molecule has 0 aromatic heterocycles. The molecule has 49 heavy (non-hydrogen) atoms. The summed E-state index contributed by atoms with van der Waals surface area (Å²) in [4.78, 5) is 63.7. The number of hydrogen-bond donors (Lipinski definition) is 0. The summed E-state index contributed by atoms with van der Waals surface area (Å²) >= 11 is 0. The summed E-state index contributed by atoms with van der Waals surface area (Å²) in [5.74, 6) is -2.18. The second-order valence-electron chi connectivity index (χ2n) is 14.2. The zero-order valence-electron chi connectivity index (χ0n) is 28.0. The van der Waals surface area contributed by atoms with Crippen LogP contribution in [0.3, 0.4) is 0 Å². The molecule has 5 aromatic rings. The molecule has 2 aliphatic carbocycles. The van der Waals surface area contributed by atoms with Gasteiger partial charge in [-0.2, -0.15) is 0 Å². The van der Waals surface area contributed by atoms with Crippen LogP contribution in [0.2, 0.25) is 0 Å². The maximum Gasteiger partial charge on any atom is 0.197 e. The van der Waals surface area contributed by atoms with Crippen molar-refractivity contribution in [2.75, 3.05) is 4.90 Å². The van der Waals surface area contributed by atoms with Crippen molar-refractivity contribution < 1.29 is 19.2 Å². The van der Waals surface area contributed by atoms with Gasteiger partial charge in [0.15, 0.2) is 28.7 Å². The van der Waals surface area contributed by atoms with Crippen LogP contribution in [0, 0.1) is 5.41 Å². The van der Waals surface area contributed by atoms with Gasteiger partial charge in [-0.05, 0) is 46.2 Å². The summed E-state index contributed by atoms with van der Waals surface area (Å²) in [6.45, 7) is 8.43. The predicted octanol–water partition coefficient (Wildman–Crippen LogP) is 9.16. The lowest BCUT2D eigenvalue weighted by Gasteiger charge is -2.40. The second-order valence-corrected chi connectivity index (χ2v) is 14.2. The van der Waals surface area contributed by atoms with Crippen LogP contribution in [0.15, 0.2) is 127 Å². The summed E-state index contributed by atoms with van der Waals surface area (Å²) in [7, 11) is 0. The van der Waals surface area contributed by atoms with E-state index in [2.05, 4.69) is 27.7 Å². The highest BCUT2D eigenvalue weighted by molar-refractivity contribution is 6.39.